The van der Waals surface area contributed by atoms with Crippen molar-refractivity contribution in [2.75, 3.05) is 12.3 Å². The van der Waals surface area contributed by atoms with E-state index >= 15 is 0 Å². The zero-order valence-corrected chi connectivity index (χ0v) is 14.8. The standard InChI is InChI=1S/C18H17FN2O4S/c1-18(14-9-5-6-10-15(14)19)16(22)21(17(23)20-18)11-12-26(24,25)13-7-3-2-4-8-13/h2-10H,11-12H2,1H3,(H,20,23)/t18-/m0/s1. The summed E-state index contributed by atoms with van der Waals surface area (Å²) in [6.45, 7) is 1.09. The number of amides is 3. The van der Waals surface area contributed by atoms with Gasteiger partial charge in [-0.3, -0.25) is 9.69 Å². The van der Waals surface area contributed by atoms with Crippen molar-refractivity contribution >= 4 is 21.8 Å². The third kappa shape index (κ3) is 3.08. The zero-order valence-electron chi connectivity index (χ0n) is 14.0. The predicted molar refractivity (Wildman–Crippen MR) is 92.5 cm³/mol. The molecule has 0 aromatic heterocycles. The van der Waals surface area contributed by atoms with Crippen LogP contribution in [0.3, 0.4) is 0 Å². The lowest BCUT2D eigenvalue weighted by molar-refractivity contribution is -0.130. The number of rotatable bonds is 5. The quantitative estimate of drug-likeness (QED) is 0.810. The Morgan fingerprint density at radius 2 is 1.65 bits per heavy atom. The molecule has 136 valence electrons. The maximum absolute atomic E-state index is 14.1. The molecule has 1 fully saturated rings. The fourth-order valence-corrected chi connectivity index (χ4v) is 4.14. The first-order valence-electron chi connectivity index (χ1n) is 7.92. The van der Waals surface area contributed by atoms with Crippen molar-refractivity contribution in [1.29, 1.82) is 0 Å². The number of hydrogen-bond acceptors (Lipinski definition) is 4. The largest absolute Gasteiger partial charge is 0.325 e. The molecule has 0 saturated carbocycles. The van der Waals surface area contributed by atoms with Gasteiger partial charge in [-0.1, -0.05) is 36.4 Å². The van der Waals surface area contributed by atoms with E-state index in [1.807, 2.05) is 0 Å². The first-order chi connectivity index (χ1) is 12.3. The van der Waals surface area contributed by atoms with Crippen LogP contribution in [-0.2, 0) is 20.2 Å². The Kier molecular flexibility index (Phi) is 4.53. The van der Waals surface area contributed by atoms with Gasteiger partial charge < -0.3 is 5.32 Å². The van der Waals surface area contributed by atoms with Crippen LogP contribution in [0.2, 0.25) is 0 Å². The molecular formula is C18H17FN2O4S. The lowest BCUT2D eigenvalue weighted by Crippen LogP contribution is -2.42. The number of carbonyl (C=O) groups is 2. The van der Waals surface area contributed by atoms with Crippen LogP contribution in [0.25, 0.3) is 0 Å². The number of nitrogens with zero attached hydrogens (tertiary/aromatic N) is 1. The molecule has 2 aromatic rings. The van der Waals surface area contributed by atoms with Crippen molar-refractivity contribution in [3.8, 4) is 0 Å². The van der Waals surface area contributed by atoms with Gasteiger partial charge in [-0.25, -0.2) is 17.6 Å². The van der Waals surface area contributed by atoms with E-state index in [4.69, 9.17) is 0 Å². The minimum Gasteiger partial charge on any atom is -0.319 e. The second-order valence-corrected chi connectivity index (χ2v) is 8.23. The van der Waals surface area contributed by atoms with Crippen molar-refractivity contribution in [2.24, 2.45) is 0 Å². The lowest BCUT2D eigenvalue weighted by Gasteiger charge is -2.22. The highest BCUT2D eigenvalue weighted by Gasteiger charge is 2.50. The molecule has 2 aromatic carbocycles. The Balaban J connectivity index is 1.81. The van der Waals surface area contributed by atoms with Crippen molar-refractivity contribution < 1.29 is 22.4 Å². The molecule has 0 spiro atoms. The Labute approximate surface area is 150 Å². The molecule has 1 saturated heterocycles. The van der Waals surface area contributed by atoms with Crippen molar-refractivity contribution in [3.05, 3.63) is 66.0 Å². The molecule has 1 aliphatic heterocycles. The second-order valence-electron chi connectivity index (χ2n) is 6.12. The molecule has 1 heterocycles. The monoisotopic (exact) mass is 376 g/mol. The van der Waals surface area contributed by atoms with E-state index in [2.05, 4.69) is 5.32 Å². The van der Waals surface area contributed by atoms with Gasteiger partial charge in [-0.15, -0.1) is 0 Å². The van der Waals surface area contributed by atoms with Gasteiger partial charge in [0, 0.05) is 12.1 Å². The number of sulfone groups is 1. The summed E-state index contributed by atoms with van der Waals surface area (Å²) in [5, 5.41) is 2.47. The summed E-state index contributed by atoms with van der Waals surface area (Å²) in [5.41, 5.74) is -1.54. The number of urea groups is 1. The van der Waals surface area contributed by atoms with Crippen LogP contribution in [0.5, 0.6) is 0 Å². The van der Waals surface area contributed by atoms with E-state index in [-0.39, 0.29) is 17.0 Å². The van der Waals surface area contributed by atoms with Gasteiger partial charge in [0.1, 0.15) is 11.4 Å². The van der Waals surface area contributed by atoms with Crippen LogP contribution in [0, 0.1) is 5.82 Å². The predicted octanol–water partition coefficient (Wildman–Crippen LogP) is 2.07. The zero-order chi connectivity index (χ0) is 18.9. The highest BCUT2D eigenvalue weighted by molar-refractivity contribution is 7.91. The van der Waals surface area contributed by atoms with Crippen molar-refractivity contribution in [2.45, 2.75) is 17.4 Å². The molecule has 3 rings (SSSR count). The maximum atomic E-state index is 14.1. The SMILES string of the molecule is C[C@@]1(c2ccccc2F)NC(=O)N(CCS(=O)(=O)c2ccccc2)C1=O. The van der Waals surface area contributed by atoms with Gasteiger partial charge in [0.15, 0.2) is 9.84 Å². The van der Waals surface area contributed by atoms with E-state index in [9.17, 15) is 22.4 Å². The number of hydrogen-bond donors (Lipinski definition) is 1. The van der Waals surface area contributed by atoms with Crippen LogP contribution in [0.15, 0.2) is 59.5 Å². The number of carbonyl (C=O) groups excluding carboxylic acids is 2. The number of halogens is 1. The Bertz CT molecular complexity index is 962. The molecule has 6 nitrogen and oxygen atoms in total. The summed E-state index contributed by atoms with van der Waals surface area (Å²) in [7, 11) is -3.65. The van der Waals surface area contributed by atoms with Gasteiger partial charge in [-0.05, 0) is 25.1 Å². The maximum Gasteiger partial charge on any atom is 0.325 e. The summed E-state index contributed by atoms with van der Waals surface area (Å²) >= 11 is 0. The van der Waals surface area contributed by atoms with Crippen LogP contribution in [0.4, 0.5) is 9.18 Å². The highest BCUT2D eigenvalue weighted by atomic mass is 32.2. The van der Waals surface area contributed by atoms with E-state index < -0.39 is 38.9 Å². The van der Waals surface area contributed by atoms with Crippen LogP contribution in [-0.4, -0.2) is 37.6 Å². The fourth-order valence-electron chi connectivity index (χ4n) is 2.91. The number of nitrogens with one attached hydrogen (secondary N) is 1. The van der Waals surface area contributed by atoms with Crippen molar-refractivity contribution in [3.63, 3.8) is 0 Å². The molecule has 0 bridgehead atoms. The van der Waals surface area contributed by atoms with Crippen LogP contribution in [0.1, 0.15) is 12.5 Å². The topological polar surface area (TPSA) is 83.6 Å². The summed E-state index contributed by atoms with van der Waals surface area (Å²) in [4.78, 5) is 25.9. The second kappa shape index (κ2) is 6.53. The van der Waals surface area contributed by atoms with E-state index in [0.717, 1.165) is 4.90 Å². The van der Waals surface area contributed by atoms with E-state index in [0.29, 0.717) is 0 Å². The molecule has 0 radical (unpaired) electrons. The lowest BCUT2D eigenvalue weighted by atomic mass is 9.91. The Morgan fingerprint density at radius 3 is 2.31 bits per heavy atom. The Morgan fingerprint density at radius 1 is 1.04 bits per heavy atom. The van der Waals surface area contributed by atoms with Gasteiger partial charge >= 0.3 is 6.03 Å². The highest BCUT2D eigenvalue weighted by Crippen LogP contribution is 2.30. The fraction of sp³-hybridized carbons (Fsp3) is 0.222. The van der Waals surface area contributed by atoms with Gasteiger partial charge in [0.2, 0.25) is 0 Å². The smallest absolute Gasteiger partial charge is 0.319 e. The molecular weight excluding hydrogens is 359 g/mol. The number of imide groups is 1. The van der Waals surface area contributed by atoms with Gasteiger partial charge in [0.05, 0.1) is 10.6 Å². The first kappa shape index (κ1) is 18.1. The average Bonchev–Trinajstić information content (AvgIpc) is 2.84. The normalized spacial score (nSPS) is 20.3. The summed E-state index contributed by atoms with van der Waals surface area (Å²) in [6, 6.07) is 12.7. The third-order valence-corrected chi connectivity index (χ3v) is 6.08. The average molecular weight is 376 g/mol. The molecule has 0 aliphatic carbocycles. The summed E-state index contributed by atoms with van der Waals surface area (Å²) in [5.74, 6) is -1.72. The summed E-state index contributed by atoms with van der Waals surface area (Å²) in [6.07, 6.45) is 0. The molecule has 26 heavy (non-hydrogen) atoms. The summed E-state index contributed by atoms with van der Waals surface area (Å²) < 4.78 is 38.8. The van der Waals surface area contributed by atoms with Gasteiger partial charge in [0.25, 0.3) is 5.91 Å². The molecule has 3 amide bonds. The third-order valence-electron chi connectivity index (χ3n) is 4.37. The van der Waals surface area contributed by atoms with Gasteiger partial charge in [-0.2, -0.15) is 0 Å². The first-order valence-corrected chi connectivity index (χ1v) is 9.58. The van der Waals surface area contributed by atoms with Crippen LogP contribution >= 0.6 is 0 Å². The Hall–Kier alpha value is -2.74. The molecule has 1 N–H and O–H groups in total. The molecule has 0 unspecified atom stereocenters. The minimum absolute atomic E-state index is 0.0340. The van der Waals surface area contributed by atoms with E-state index in [1.165, 1.54) is 37.3 Å². The molecule has 1 atom stereocenters. The number of benzene rings is 2. The van der Waals surface area contributed by atoms with Crippen LogP contribution < -0.4 is 5.32 Å². The minimum atomic E-state index is -3.65. The van der Waals surface area contributed by atoms with Crippen molar-refractivity contribution in [1.82, 2.24) is 10.2 Å². The molecule has 8 heteroatoms. The van der Waals surface area contributed by atoms with E-state index in [1.54, 1.807) is 24.3 Å². The molecule has 1 aliphatic rings.